The van der Waals surface area contributed by atoms with Crippen molar-refractivity contribution in [2.24, 2.45) is 17.3 Å². The van der Waals surface area contributed by atoms with Gasteiger partial charge in [0.05, 0.1) is 6.61 Å². The van der Waals surface area contributed by atoms with E-state index in [1.165, 1.54) is 30.7 Å². The minimum atomic E-state index is 0.112. The van der Waals surface area contributed by atoms with E-state index in [0.717, 1.165) is 45.6 Å². The van der Waals surface area contributed by atoms with E-state index in [0.29, 0.717) is 18.4 Å². The number of aliphatic hydroxyl groups is 1. The summed E-state index contributed by atoms with van der Waals surface area (Å²) in [6.07, 6.45) is 5.63. The van der Waals surface area contributed by atoms with Crippen LogP contribution in [0, 0.1) is 17.3 Å². The molecule has 160 valence electrons. The lowest BCUT2D eigenvalue weighted by molar-refractivity contribution is 0.130. The number of hydrogen-bond acceptors (Lipinski definition) is 4. The van der Waals surface area contributed by atoms with E-state index in [1.807, 2.05) is 0 Å². The van der Waals surface area contributed by atoms with Gasteiger partial charge in [-0.05, 0) is 50.1 Å². The molecule has 0 spiro atoms. The molecule has 4 heteroatoms. The summed E-state index contributed by atoms with van der Waals surface area (Å²) in [6.45, 7) is 26.3. The van der Waals surface area contributed by atoms with E-state index in [4.69, 9.17) is 0 Å². The molecule has 0 aromatic heterocycles. The van der Waals surface area contributed by atoms with Crippen molar-refractivity contribution in [1.29, 1.82) is 0 Å². The number of aliphatic hydroxyl groups excluding tert-OH is 1. The number of hydrogen-bond donors (Lipinski definition) is 1. The van der Waals surface area contributed by atoms with Crippen molar-refractivity contribution >= 4 is 0 Å². The third kappa shape index (κ3) is 6.03. The average molecular weight is 390 g/mol. The zero-order chi connectivity index (χ0) is 20.7. The van der Waals surface area contributed by atoms with Gasteiger partial charge in [-0.2, -0.15) is 0 Å². The summed E-state index contributed by atoms with van der Waals surface area (Å²) in [5, 5.41) is 9.20. The van der Waals surface area contributed by atoms with Gasteiger partial charge in [0.1, 0.15) is 0 Å². The van der Waals surface area contributed by atoms with Gasteiger partial charge in [-0.3, -0.25) is 4.90 Å². The van der Waals surface area contributed by atoms with E-state index < -0.39 is 0 Å². The summed E-state index contributed by atoms with van der Waals surface area (Å²) in [6, 6.07) is 0. The zero-order valence-electron chi connectivity index (χ0n) is 18.6. The van der Waals surface area contributed by atoms with Crippen LogP contribution in [0.25, 0.3) is 0 Å². The standard InChI is InChI=1S/C24H43N3O/c1-7-24(5)10-9-22(17-23(24)21(4)18-25(6)15-16-28)20(3)19-27-13-11-26(8-2)12-14-27/h7,22-23,28H,1,3-4,8-19H2,2,5-6H3/t22-,23+,24-/m1/s1. The van der Waals surface area contributed by atoms with Gasteiger partial charge in [-0.15, -0.1) is 6.58 Å². The van der Waals surface area contributed by atoms with Crippen LogP contribution in [-0.4, -0.2) is 85.8 Å². The van der Waals surface area contributed by atoms with Crippen molar-refractivity contribution in [3.63, 3.8) is 0 Å². The fourth-order valence-electron chi connectivity index (χ4n) is 4.97. The molecule has 0 amide bonds. The lowest BCUT2D eigenvalue weighted by Gasteiger charge is -2.45. The van der Waals surface area contributed by atoms with Crippen LogP contribution in [0.2, 0.25) is 0 Å². The number of likely N-dealkylation sites (N-methyl/N-ethyl adjacent to an activating group) is 2. The lowest BCUT2D eigenvalue weighted by atomic mass is 9.61. The molecule has 2 aliphatic rings. The van der Waals surface area contributed by atoms with E-state index in [2.05, 4.69) is 61.4 Å². The smallest absolute Gasteiger partial charge is 0.0558 e. The zero-order valence-corrected chi connectivity index (χ0v) is 18.6. The quantitative estimate of drug-likeness (QED) is 0.581. The first kappa shape index (κ1) is 23.3. The summed E-state index contributed by atoms with van der Waals surface area (Å²) in [5.74, 6) is 1.00. The fourth-order valence-corrected chi connectivity index (χ4v) is 4.97. The first-order valence-electron chi connectivity index (χ1n) is 11.1. The highest BCUT2D eigenvalue weighted by Gasteiger charge is 2.40. The van der Waals surface area contributed by atoms with Crippen LogP contribution in [0.15, 0.2) is 37.0 Å². The summed E-state index contributed by atoms with van der Waals surface area (Å²) in [4.78, 5) is 7.27. The molecule has 1 heterocycles. The first-order valence-corrected chi connectivity index (χ1v) is 11.1. The molecule has 1 saturated heterocycles. The van der Waals surface area contributed by atoms with E-state index in [1.54, 1.807) is 0 Å². The minimum absolute atomic E-state index is 0.112. The highest BCUT2D eigenvalue weighted by molar-refractivity contribution is 5.18. The van der Waals surface area contributed by atoms with Crippen molar-refractivity contribution in [3.8, 4) is 0 Å². The Bertz CT molecular complexity index is 538. The van der Waals surface area contributed by atoms with Gasteiger partial charge in [0.15, 0.2) is 0 Å². The van der Waals surface area contributed by atoms with Crippen LogP contribution in [0.5, 0.6) is 0 Å². The van der Waals surface area contributed by atoms with Gasteiger partial charge in [-0.1, -0.05) is 44.2 Å². The van der Waals surface area contributed by atoms with Crippen molar-refractivity contribution in [2.75, 3.05) is 66.0 Å². The summed E-state index contributed by atoms with van der Waals surface area (Å²) >= 11 is 0. The second-order valence-electron chi connectivity index (χ2n) is 9.22. The molecule has 3 atom stereocenters. The molecule has 0 aromatic rings. The number of piperazine rings is 1. The maximum Gasteiger partial charge on any atom is 0.0558 e. The molecule has 2 fully saturated rings. The molecule has 1 saturated carbocycles. The van der Waals surface area contributed by atoms with Gasteiger partial charge in [0.25, 0.3) is 0 Å². The summed E-state index contributed by atoms with van der Waals surface area (Å²) in [5.41, 5.74) is 2.78. The Hall–Kier alpha value is -0.940. The van der Waals surface area contributed by atoms with Crippen LogP contribution >= 0.6 is 0 Å². The molecule has 0 aromatic carbocycles. The maximum atomic E-state index is 9.20. The molecule has 2 rings (SSSR count). The Balaban J connectivity index is 1.96. The second-order valence-corrected chi connectivity index (χ2v) is 9.22. The Morgan fingerprint density at radius 3 is 2.39 bits per heavy atom. The lowest BCUT2D eigenvalue weighted by Crippen LogP contribution is -2.47. The third-order valence-electron chi connectivity index (χ3n) is 7.18. The number of allylic oxidation sites excluding steroid dienone is 1. The van der Waals surface area contributed by atoms with Gasteiger partial charge < -0.3 is 14.9 Å². The van der Waals surface area contributed by atoms with Crippen molar-refractivity contribution < 1.29 is 5.11 Å². The predicted octanol–water partition coefficient (Wildman–Crippen LogP) is 3.27. The first-order chi connectivity index (χ1) is 13.3. The Kier molecular flexibility index (Phi) is 8.94. The van der Waals surface area contributed by atoms with Crippen LogP contribution in [-0.2, 0) is 0 Å². The molecule has 1 aliphatic heterocycles. The number of nitrogens with zero attached hydrogens (tertiary/aromatic N) is 3. The summed E-state index contributed by atoms with van der Waals surface area (Å²) < 4.78 is 0. The van der Waals surface area contributed by atoms with Gasteiger partial charge in [-0.25, -0.2) is 0 Å². The molecular weight excluding hydrogens is 346 g/mol. The molecule has 0 unspecified atom stereocenters. The summed E-state index contributed by atoms with van der Waals surface area (Å²) in [7, 11) is 2.06. The molecular formula is C24H43N3O. The van der Waals surface area contributed by atoms with Gasteiger partial charge in [0.2, 0.25) is 0 Å². The average Bonchev–Trinajstić information content (AvgIpc) is 2.68. The van der Waals surface area contributed by atoms with Crippen LogP contribution in [0.3, 0.4) is 0 Å². The normalized spacial score (nSPS) is 29.8. The molecule has 1 aliphatic carbocycles. The highest BCUT2D eigenvalue weighted by atomic mass is 16.3. The SMILES string of the molecule is C=C[C@]1(C)CC[C@@H](C(=C)CN2CCN(CC)CC2)C[C@H]1C(=C)CN(C)CCO. The monoisotopic (exact) mass is 389 g/mol. The largest absolute Gasteiger partial charge is 0.395 e. The van der Waals surface area contributed by atoms with E-state index >= 15 is 0 Å². The van der Waals surface area contributed by atoms with E-state index in [-0.39, 0.29) is 12.0 Å². The second kappa shape index (κ2) is 10.7. The van der Waals surface area contributed by atoms with Crippen LogP contribution in [0.4, 0.5) is 0 Å². The molecule has 28 heavy (non-hydrogen) atoms. The van der Waals surface area contributed by atoms with Crippen LogP contribution in [0.1, 0.15) is 33.1 Å². The molecule has 4 nitrogen and oxygen atoms in total. The minimum Gasteiger partial charge on any atom is -0.395 e. The van der Waals surface area contributed by atoms with Crippen LogP contribution < -0.4 is 0 Å². The Morgan fingerprint density at radius 1 is 1.18 bits per heavy atom. The van der Waals surface area contributed by atoms with Crippen molar-refractivity contribution in [3.05, 3.63) is 37.0 Å². The van der Waals surface area contributed by atoms with Crippen molar-refractivity contribution in [2.45, 2.75) is 33.1 Å². The topological polar surface area (TPSA) is 30.0 Å². The molecule has 0 radical (unpaired) electrons. The molecule has 1 N–H and O–H groups in total. The van der Waals surface area contributed by atoms with Crippen molar-refractivity contribution in [1.82, 2.24) is 14.7 Å². The highest BCUT2D eigenvalue weighted by Crippen LogP contribution is 2.49. The number of rotatable bonds is 10. The van der Waals surface area contributed by atoms with Gasteiger partial charge >= 0.3 is 0 Å². The maximum absolute atomic E-state index is 9.20. The predicted molar refractivity (Wildman–Crippen MR) is 121 cm³/mol. The van der Waals surface area contributed by atoms with Gasteiger partial charge in [0, 0.05) is 45.8 Å². The fraction of sp³-hybridized carbons (Fsp3) is 0.750. The molecule has 0 bridgehead atoms. The Morgan fingerprint density at radius 2 is 1.82 bits per heavy atom. The van der Waals surface area contributed by atoms with E-state index in [9.17, 15) is 5.11 Å². The Labute approximate surface area is 173 Å². The third-order valence-corrected chi connectivity index (χ3v) is 7.18.